The molecule has 2 aliphatic heterocycles. The first-order valence-corrected chi connectivity index (χ1v) is 3.59. The molecule has 11 heavy (non-hydrogen) atoms. The molecular weight excluding hydrogens is 144 g/mol. The Kier molecular flexibility index (Phi) is 1.27. The fourth-order valence-electron chi connectivity index (χ4n) is 1.69. The van der Waals surface area contributed by atoms with Crippen LogP contribution in [-0.4, -0.2) is 24.2 Å². The highest BCUT2D eigenvalue weighted by molar-refractivity contribution is 5.79. The number of ether oxygens (including phenoxy) is 1. The minimum absolute atomic E-state index is 0.0995. The summed E-state index contributed by atoms with van der Waals surface area (Å²) in [7, 11) is 0. The zero-order chi connectivity index (χ0) is 8.01. The summed E-state index contributed by atoms with van der Waals surface area (Å²) in [5.74, 6) is -0.695. The van der Waals surface area contributed by atoms with Crippen LogP contribution < -0.4 is 11.5 Å². The fraction of sp³-hybridized carbons (Fsp3) is 0.571. The summed E-state index contributed by atoms with van der Waals surface area (Å²) in [4.78, 5) is 10.8. The second-order valence-electron chi connectivity index (χ2n) is 2.96. The topological polar surface area (TPSA) is 78.3 Å². The lowest BCUT2D eigenvalue weighted by atomic mass is 9.89. The minimum atomic E-state index is -0.366. The molecule has 2 heterocycles. The average molecular weight is 154 g/mol. The Balaban J connectivity index is 2.25. The van der Waals surface area contributed by atoms with Gasteiger partial charge in [0.05, 0.1) is 18.1 Å². The van der Waals surface area contributed by atoms with Crippen molar-refractivity contribution < 1.29 is 9.53 Å². The zero-order valence-corrected chi connectivity index (χ0v) is 5.94. The Hall–Kier alpha value is -0.870. The molecule has 0 saturated carbocycles. The van der Waals surface area contributed by atoms with E-state index in [1.54, 1.807) is 0 Å². The van der Waals surface area contributed by atoms with E-state index >= 15 is 0 Å². The van der Waals surface area contributed by atoms with Crippen molar-refractivity contribution in [2.75, 3.05) is 0 Å². The van der Waals surface area contributed by atoms with Crippen LogP contribution in [-0.2, 0) is 9.53 Å². The van der Waals surface area contributed by atoms with E-state index in [9.17, 15) is 4.79 Å². The highest BCUT2D eigenvalue weighted by atomic mass is 16.5. The highest BCUT2D eigenvalue weighted by Gasteiger charge is 2.46. The Bertz CT molecular complexity index is 226. The van der Waals surface area contributed by atoms with Gasteiger partial charge in [0.15, 0.2) is 0 Å². The zero-order valence-electron chi connectivity index (χ0n) is 5.94. The molecular formula is C7H10N2O2. The van der Waals surface area contributed by atoms with Crippen LogP contribution in [0.2, 0.25) is 0 Å². The maximum atomic E-state index is 10.8. The third-order valence-corrected chi connectivity index (χ3v) is 2.28. The normalized spacial score (nSPS) is 46.6. The van der Waals surface area contributed by atoms with Crippen molar-refractivity contribution in [1.29, 1.82) is 0 Å². The van der Waals surface area contributed by atoms with Gasteiger partial charge in [-0.2, -0.15) is 0 Å². The lowest BCUT2D eigenvalue weighted by molar-refractivity contribution is -0.122. The number of carbonyl (C=O) groups excluding carboxylic acids is 1. The van der Waals surface area contributed by atoms with Crippen molar-refractivity contribution >= 4 is 5.91 Å². The third-order valence-electron chi connectivity index (χ3n) is 2.28. The van der Waals surface area contributed by atoms with E-state index in [1.165, 1.54) is 0 Å². The SMILES string of the molecule is NC(=O)[C@@H]1[C@@H](N)[C@H]2C=C[C@H]1O2. The third kappa shape index (κ3) is 0.797. The molecule has 0 aromatic heterocycles. The van der Waals surface area contributed by atoms with Crippen LogP contribution >= 0.6 is 0 Å². The second kappa shape index (κ2) is 2.06. The van der Waals surface area contributed by atoms with Gasteiger partial charge in [-0.1, -0.05) is 12.2 Å². The number of hydrogen-bond acceptors (Lipinski definition) is 3. The summed E-state index contributed by atoms with van der Waals surface area (Å²) in [6, 6.07) is -0.248. The van der Waals surface area contributed by atoms with Gasteiger partial charge in [-0.25, -0.2) is 0 Å². The lowest BCUT2D eigenvalue weighted by Gasteiger charge is -2.17. The molecule has 2 bridgehead atoms. The van der Waals surface area contributed by atoms with Gasteiger partial charge < -0.3 is 16.2 Å². The molecule has 0 spiro atoms. The highest BCUT2D eigenvalue weighted by Crippen LogP contribution is 2.32. The van der Waals surface area contributed by atoms with Crippen LogP contribution in [0.15, 0.2) is 12.2 Å². The molecule has 4 atom stereocenters. The minimum Gasteiger partial charge on any atom is -0.369 e. The Morgan fingerprint density at radius 3 is 2.36 bits per heavy atom. The summed E-state index contributed by atoms with van der Waals surface area (Å²) in [5.41, 5.74) is 10.8. The largest absolute Gasteiger partial charge is 0.369 e. The lowest BCUT2D eigenvalue weighted by Crippen LogP contribution is -2.44. The van der Waals surface area contributed by atoms with Gasteiger partial charge in [0, 0.05) is 6.04 Å². The molecule has 1 amide bonds. The molecule has 0 aromatic carbocycles. The molecule has 1 saturated heterocycles. The smallest absolute Gasteiger partial charge is 0.225 e. The predicted octanol–water partition coefficient (Wildman–Crippen LogP) is -1.25. The van der Waals surface area contributed by atoms with E-state index in [4.69, 9.17) is 16.2 Å². The van der Waals surface area contributed by atoms with E-state index < -0.39 is 0 Å². The molecule has 60 valence electrons. The standard InChI is InChI=1S/C7H10N2O2/c8-6-4-2-1-3(11-4)5(6)7(9)10/h1-6H,8H2,(H2,9,10)/t3-,4-,5+,6+/m1/s1. The molecule has 2 aliphatic rings. The molecule has 0 radical (unpaired) electrons. The monoisotopic (exact) mass is 154 g/mol. The van der Waals surface area contributed by atoms with Gasteiger partial charge in [0.25, 0.3) is 0 Å². The van der Waals surface area contributed by atoms with E-state index in [1.807, 2.05) is 12.2 Å². The summed E-state index contributed by atoms with van der Waals surface area (Å²) in [6.07, 6.45) is 3.46. The van der Waals surface area contributed by atoms with Gasteiger partial charge in [-0.05, 0) is 0 Å². The summed E-state index contributed by atoms with van der Waals surface area (Å²) in [5, 5.41) is 0. The first-order valence-electron chi connectivity index (χ1n) is 3.59. The van der Waals surface area contributed by atoms with Crippen molar-refractivity contribution in [3.63, 3.8) is 0 Å². The molecule has 4 N–H and O–H groups in total. The van der Waals surface area contributed by atoms with Crippen LogP contribution in [0.25, 0.3) is 0 Å². The predicted molar refractivity (Wildman–Crippen MR) is 38.5 cm³/mol. The molecule has 1 fully saturated rings. The van der Waals surface area contributed by atoms with Crippen LogP contribution in [0.3, 0.4) is 0 Å². The number of rotatable bonds is 1. The molecule has 0 aromatic rings. The number of hydrogen-bond donors (Lipinski definition) is 2. The van der Waals surface area contributed by atoms with Gasteiger partial charge in [0.2, 0.25) is 5.91 Å². The van der Waals surface area contributed by atoms with E-state index in [-0.39, 0.29) is 30.1 Å². The average Bonchev–Trinajstić information content (AvgIpc) is 2.44. The van der Waals surface area contributed by atoms with Crippen molar-refractivity contribution in [3.05, 3.63) is 12.2 Å². The number of primary amides is 1. The van der Waals surface area contributed by atoms with Crippen molar-refractivity contribution in [2.45, 2.75) is 18.2 Å². The molecule has 0 aliphatic carbocycles. The number of fused-ring (bicyclic) bond motifs is 2. The van der Waals surface area contributed by atoms with Crippen molar-refractivity contribution in [1.82, 2.24) is 0 Å². The summed E-state index contributed by atoms with van der Waals surface area (Å²) >= 11 is 0. The molecule has 4 nitrogen and oxygen atoms in total. The second-order valence-corrected chi connectivity index (χ2v) is 2.96. The van der Waals surface area contributed by atoms with Gasteiger partial charge in [-0.15, -0.1) is 0 Å². The maximum absolute atomic E-state index is 10.8. The van der Waals surface area contributed by atoms with Gasteiger partial charge >= 0.3 is 0 Å². The quantitative estimate of drug-likeness (QED) is 0.463. The first-order chi connectivity index (χ1) is 5.20. The first kappa shape index (κ1) is 6.82. The number of amides is 1. The molecule has 0 unspecified atom stereocenters. The van der Waals surface area contributed by atoms with Gasteiger partial charge in [-0.3, -0.25) is 4.79 Å². The fourth-order valence-corrected chi connectivity index (χ4v) is 1.69. The Morgan fingerprint density at radius 2 is 2.00 bits per heavy atom. The van der Waals surface area contributed by atoms with Crippen molar-refractivity contribution in [2.24, 2.45) is 17.4 Å². The summed E-state index contributed by atoms with van der Waals surface area (Å²) < 4.78 is 5.32. The molecule has 2 rings (SSSR count). The van der Waals surface area contributed by atoms with Crippen LogP contribution in [0.4, 0.5) is 0 Å². The van der Waals surface area contributed by atoms with Crippen molar-refractivity contribution in [3.8, 4) is 0 Å². The summed E-state index contributed by atoms with van der Waals surface area (Å²) in [6.45, 7) is 0. The van der Waals surface area contributed by atoms with Gasteiger partial charge in [0.1, 0.15) is 0 Å². The van der Waals surface area contributed by atoms with E-state index in [0.29, 0.717) is 0 Å². The van der Waals surface area contributed by atoms with Crippen LogP contribution in [0.1, 0.15) is 0 Å². The Morgan fingerprint density at radius 1 is 1.36 bits per heavy atom. The van der Waals surface area contributed by atoms with E-state index in [0.717, 1.165) is 0 Å². The Labute approximate surface area is 64.2 Å². The maximum Gasteiger partial charge on any atom is 0.225 e. The molecule has 4 heteroatoms. The number of carbonyl (C=O) groups is 1. The van der Waals surface area contributed by atoms with E-state index in [2.05, 4.69) is 0 Å². The van der Waals surface area contributed by atoms with Crippen LogP contribution in [0, 0.1) is 5.92 Å². The number of nitrogens with two attached hydrogens (primary N) is 2. The van der Waals surface area contributed by atoms with Crippen LogP contribution in [0.5, 0.6) is 0 Å².